The molecule has 0 aliphatic carbocycles. The Labute approximate surface area is 122 Å². The third kappa shape index (κ3) is 4.76. The fraction of sp³-hybridized carbons (Fsp3) is 0.500. The average Bonchev–Trinajstić information content (AvgIpc) is 2.37. The van der Waals surface area contributed by atoms with Gasteiger partial charge in [-0.1, -0.05) is 22.9 Å². The molecule has 5 nitrogen and oxygen atoms in total. The van der Waals surface area contributed by atoms with E-state index in [-0.39, 0.29) is 10.8 Å². The monoisotopic (exact) mass is 351 g/mol. The molecule has 0 saturated carbocycles. The highest BCUT2D eigenvalue weighted by molar-refractivity contribution is 9.10. The Bertz CT molecular complexity index is 518. The van der Waals surface area contributed by atoms with Crippen LogP contribution in [0.15, 0.2) is 27.6 Å². The lowest BCUT2D eigenvalue weighted by atomic mass is 10.2. The van der Waals surface area contributed by atoms with Gasteiger partial charge in [-0.05, 0) is 24.1 Å². The molecular formula is C12H18BrNO4S. The van der Waals surface area contributed by atoms with Gasteiger partial charge in [0.05, 0.1) is 7.11 Å². The summed E-state index contributed by atoms with van der Waals surface area (Å²) in [7, 11) is -0.574. The number of halogens is 1. The van der Waals surface area contributed by atoms with Gasteiger partial charge in [-0.15, -0.1) is 0 Å². The number of benzene rings is 1. The maximum Gasteiger partial charge on any atom is 0.244 e. The number of nitrogens with one attached hydrogen (secondary N) is 1. The SMILES string of the molecule is COCC(C)CNS(=O)(=O)c1cc(Br)ccc1OC. The molecular weight excluding hydrogens is 334 g/mol. The van der Waals surface area contributed by atoms with Crippen LogP contribution in [0.3, 0.4) is 0 Å². The van der Waals surface area contributed by atoms with Crippen molar-refractivity contribution in [3.05, 3.63) is 22.7 Å². The summed E-state index contributed by atoms with van der Waals surface area (Å²) in [6, 6.07) is 4.85. The molecule has 0 saturated heterocycles. The number of ether oxygens (including phenoxy) is 2. The molecule has 0 spiro atoms. The number of hydrogen-bond donors (Lipinski definition) is 1. The van der Waals surface area contributed by atoms with E-state index in [4.69, 9.17) is 9.47 Å². The minimum Gasteiger partial charge on any atom is -0.495 e. The molecule has 0 bridgehead atoms. The van der Waals surface area contributed by atoms with Crippen molar-refractivity contribution in [2.45, 2.75) is 11.8 Å². The molecule has 1 atom stereocenters. The predicted molar refractivity (Wildman–Crippen MR) is 76.9 cm³/mol. The summed E-state index contributed by atoms with van der Waals surface area (Å²) in [6.45, 7) is 2.72. The van der Waals surface area contributed by atoms with Crippen LogP contribution in [-0.2, 0) is 14.8 Å². The van der Waals surface area contributed by atoms with E-state index in [0.29, 0.717) is 23.4 Å². The van der Waals surface area contributed by atoms with Gasteiger partial charge < -0.3 is 9.47 Å². The summed E-state index contributed by atoms with van der Waals surface area (Å²) < 4.78 is 37.7. The van der Waals surface area contributed by atoms with Crippen LogP contribution in [0, 0.1) is 5.92 Å². The molecule has 1 unspecified atom stereocenters. The van der Waals surface area contributed by atoms with Crippen LogP contribution in [-0.4, -0.2) is 35.8 Å². The lowest BCUT2D eigenvalue weighted by molar-refractivity contribution is 0.161. The molecule has 0 amide bonds. The summed E-state index contributed by atoms with van der Waals surface area (Å²) >= 11 is 3.26. The van der Waals surface area contributed by atoms with Crippen molar-refractivity contribution in [3.8, 4) is 5.75 Å². The molecule has 1 rings (SSSR count). The average molecular weight is 352 g/mol. The van der Waals surface area contributed by atoms with Gasteiger partial charge in [0, 0.05) is 24.7 Å². The highest BCUT2D eigenvalue weighted by atomic mass is 79.9. The van der Waals surface area contributed by atoms with Crippen molar-refractivity contribution in [3.63, 3.8) is 0 Å². The smallest absolute Gasteiger partial charge is 0.244 e. The third-order valence-electron chi connectivity index (χ3n) is 2.49. The molecule has 1 aromatic carbocycles. The van der Waals surface area contributed by atoms with Crippen LogP contribution in [0.2, 0.25) is 0 Å². The second-order valence-corrected chi connectivity index (χ2v) is 6.86. The van der Waals surface area contributed by atoms with Gasteiger partial charge in [-0.2, -0.15) is 0 Å². The first kappa shape index (κ1) is 16.4. The lowest BCUT2D eigenvalue weighted by Gasteiger charge is -2.14. The zero-order valence-corrected chi connectivity index (χ0v) is 13.5. The van der Waals surface area contributed by atoms with E-state index in [9.17, 15) is 8.42 Å². The number of rotatable bonds is 7. The molecule has 19 heavy (non-hydrogen) atoms. The molecule has 1 aromatic rings. The third-order valence-corrected chi connectivity index (χ3v) is 4.43. The standard InChI is InChI=1S/C12H18BrNO4S/c1-9(8-17-2)7-14-19(15,16)12-6-10(13)4-5-11(12)18-3/h4-6,9,14H,7-8H2,1-3H3. The first-order valence-electron chi connectivity index (χ1n) is 5.73. The van der Waals surface area contributed by atoms with Crippen LogP contribution in [0.25, 0.3) is 0 Å². The fourth-order valence-electron chi connectivity index (χ4n) is 1.53. The summed E-state index contributed by atoms with van der Waals surface area (Å²) in [5, 5.41) is 0. The predicted octanol–water partition coefficient (Wildman–Crippen LogP) is 2.02. The van der Waals surface area contributed by atoms with Gasteiger partial charge in [-0.3, -0.25) is 0 Å². The molecule has 0 heterocycles. The molecule has 0 fully saturated rings. The Hall–Kier alpha value is -0.630. The topological polar surface area (TPSA) is 64.6 Å². The maximum absolute atomic E-state index is 12.2. The van der Waals surface area contributed by atoms with Gasteiger partial charge >= 0.3 is 0 Å². The minimum atomic E-state index is -3.60. The number of sulfonamides is 1. The molecule has 0 aliphatic heterocycles. The Morgan fingerprint density at radius 1 is 1.37 bits per heavy atom. The molecule has 0 aliphatic rings. The second-order valence-electron chi connectivity index (χ2n) is 4.21. The summed E-state index contributed by atoms with van der Waals surface area (Å²) in [5.74, 6) is 0.410. The van der Waals surface area contributed by atoms with Crippen molar-refractivity contribution < 1.29 is 17.9 Å². The van der Waals surface area contributed by atoms with Crippen molar-refractivity contribution in [2.24, 2.45) is 5.92 Å². The van der Waals surface area contributed by atoms with E-state index in [2.05, 4.69) is 20.7 Å². The highest BCUT2D eigenvalue weighted by Gasteiger charge is 2.20. The van der Waals surface area contributed by atoms with Crippen LogP contribution in [0.5, 0.6) is 5.75 Å². The van der Waals surface area contributed by atoms with Crippen LogP contribution >= 0.6 is 15.9 Å². The summed E-state index contributed by atoms with van der Waals surface area (Å²) in [6.07, 6.45) is 0. The Morgan fingerprint density at radius 3 is 2.63 bits per heavy atom. The van der Waals surface area contributed by atoms with Gasteiger partial charge in [-0.25, -0.2) is 13.1 Å². The van der Waals surface area contributed by atoms with E-state index in [1.807, 2.05) is 6.92 Å². The first-order chi connectivity index (χ1) is 8.90. The molecule has 0 radical (unpaired) electrons. The first-order valence-corrected chi connectivity index (χ1v) is 8.00. The van der Waals surface area contributed by atoms with Crippen LogP contribution < -0.4 is 9.46 Å². The zero-order chi connectivity index (χ0) is 14.5. The van der Waals surface area contributed by atoms with Crippen molar-refractivity contribution >= 4 is 26.0 Å². The van der Waals surface area contributed by atoms with Crippen molar-refractivity contribution in [2.75, 3.05) is 27.4 Å². The van der Waals surface area contributed by atoms with E-state index in [1.54, 1.807) is 19.2 Å². The lowest BCUT2D eigenvalue weighted by Crippen LogP contribution is -2.30. The van der Waals surface area contributed by atoms with Crippen molar-refractivity contribution in [1.82, 2.24) is 4.72 Å². The second kappa shape index (κ2) is 7.23. The van der Waals surface area contributed by atoms with E-state index >= 15 is 0 Å². The molecule has 0 aromatic heterocycles. The zero-order valence-electron chi connectivity index (χ0n) is 11.1. The van der Waals surface area contributed by atoms with Gasteiger partial charge in [0.15, 0.2) is 0 Å². The largest absolute Gasteiger partial charge is 0.495 e. The Morgan fingerprint density at radius 2 is 2.05 bits per heavy atom. The van der Waals surface area contributed by atoms with E-state index in [1.165, 1.54) is 13.2 Å². The van der Waals surface area contributed by atoms with E-state index < -0.39 is 10.0 Å². The van der Waals surface area contributed by atoms with Gasteiger partial charge in [0.1, 0.15) is 10.6 Å². The van der Waals surface area contributed by atoms with Crippen molar-refractivity contribution in [1.29, 1.82) is 0 Å². The summed E-state index contributed by atoms with van der Waals surface area (Å²) in [5.41, 5.74) is 0. The maximum atomic E-state index is 12.2. The van der Waals surface area contributed by atoms with Gasteiger partial charge in [0.25, 0.3) is 0 Å². The molecule has 7 heteroatoms. The number of hydrogen-bond acceptors (Lipinski definition) is 4. The van der Waals surface area contributed by atoms with Crippen LogP contribution in [0.1, 0.15) is 6.92 Å². The highest BCUT2D eigenvalue weighted by Crippen LogP contribution is 2.27. The normalized spacial score (nSPS) is 13.3. The van der Waals surface area contributed by atoms with Crippen LogP contribution in [0.4, 0.5) is 0 Å². The van der Waals surface area contributed by atoms with E-state index in [0.717, 1.165) is 0 Å². The van der Waals surface area contributed by atoms with Gasteiger partial charge in [0.2, 0.25) is 10.0 Å². The Kier molecular flexibility index (Phi) is 6.25. The Balaban J connectivity index is 2.91. The molecule has 108 valence electrons. The fourth-order valence-corrected chi connectivity index (χ4v) is 3.40. The molecule has 1 N–H and O–H groups in total. The summed E-state index contributed by atoms with van der Waals surface area (Å²) in [4.78, 5) is 0.119. The number of methoxy groups -OCH3 is 2. The quantitative estimate of drug-likeness (QED) is 0.816. The minimum absolute atomic E-state index is 0.0953.